The molecule has 0 unspecified atom stereocenters. The number of ether oxygens (including phenoxy) is 1. The normalized spacial score (nSPS) is 9.89. The Labute approximate surface area is 110 Å². The first-order chi connectivity index (χ1) is 8.56. The SMILES string of the molecule is CCOC(=O)c1c(C)nc(SCC)c(C#N)c1N. The van der Waals surface area contributed by atoms with Gasteiger partial charge in [-0.2, -0.15) is 5.26 Å². The molecule has 0 atom stereocenters. The maximum absolute atomic E-state index is 11.8. The van der Waals surface area contributed by atoms with Crippen LogP contribution in [0, 0.1) is 18.3 Å². The lowest BCUT2D eigenvalue weighted by Crippen LogP contribution is -2.13. The van der Waals surface area contributed by atoms with Crippen LogP contribution in [0.4, 0.5) is 5.69 Å². The summed E-state index contributed by atoms with van der Waals surface area (Å²) in [6.07, 6.45) is 0. The van der Waals surface area contributed by atoms with Crippen LogP contribution in [-0.4, -0.2) is 23.3 Å². The Hall–Kier alpha value is -1.74. The van der Waals surface area contributed by atoms with Crippen molar-refractivity contribution in [1.82, 2.24) is 4.98 Å². The number of hydrogen-bond donors (Lipinski definition) is 1. The quantitative estimate of drug-likeness (QED) is 0.662. The predicted molar refractivity (Wildman–Crippen MR) is 70.5 cm³/mol. The van der Waals surface area contributed by atoms with Crippen molar-refractivity contribution in [2.75, 3.05) is 18.1 Å². The summed E-state index contributed by atoms with van der Waals surface area (Å²) >= 11 is 1.42. The maximum Gasteiger partial charge on any atom is 0.342 e. The molecule has 1 aromatic heterocycles. The second-order valence-electron chi connectivity index (χ2n) is 3.43. The third-order valence-electron chi connectivity index (χ3n) is 2.26. The summed E-state index contributed by atoms with van der Waals surface area (Å²) in [5, 5.41) is 9.68. The first-order valence-electron chi connectivity index (χ1n) is 5.56. The van der Waals surface area contributed by atoms with E-state index in [1.165, 1.54) is 11.8 Å². The number of thioether (sulfide) groups is 1. The lowest BCUT2D eigenvalue weighted by atomic mass is 10.1. The fourth-order valence-corrected chi connectivity index (χ4v) is 2.28. The number of aromatic nitrogens is 1. The Bertz CT molecular complexity index is 509. The molecule has 0 fully saturated rings. The maximum atomic E-state index is 11.8. The fourth-order valence-electron chi connectivity index (χ4n) is 1.51. The second kappa shape index (κ2) is 6.26. The number of hydrogen-bond acceptors (Lipinski definition) is 6. The average molecular weight is 265 g/mol. The smallest absolute Gasteiger partial charge is 0.342 e. The van der Waals surface area contributed by atoms with E-state index in [1.54, 1.807) is 13.8 Å². The highest BCUT2D eigenvalue weighted by Crippen LogP contribution is 2.29. The summed E-state index contributed by atoms with van der Waals surface area (Å²) in [7, 11) is 0. The molecule has 6 heteroatoms. The highest BCUT2D eigenvalue weighted by atomic mass is 32.2. The Balaban J connectivity index is 3.39. The van der Waals surface area contributed by atoms with Gasteiger partial charge in [0.15, 0.2) is 0 Å². The number of esters is 1. The first kappa shape index (κ1) is 14.3. The van der Waals surface area contributed by atoms with E-state index in [0.29, 0.717) is 10.7 Å². The average Bonchev–Trinajstić information content (AvgIpc) is 2.29. The van der Waals surface area contributed by atoms with Crippen molar-refractivity contribution in [3.05, 3.63) is 16.8 Å². The van der Waals surface area contributed by atoms with Crippen LogP contribution in [-0.2, 0) is 4.74 Å². The Morgan fingerprint density at radius 1 is 1.56 bits per heavy atom. The molecule has 0 aromatic carbocycles. The van der Waals surface area contributed by atoms with E-state index in [2.05, 4.69) is 4.98 Å². The Morgan fingerprint density at radius 2 is 2.22 bits per heavy atom. The fraction of sp³-hybridized carbons (Fsp3) is 0.417. The molecule has 0 radical (unpaired) electrons. The van der Waals surface area contributed by atoms with Gasteiger partial charge in [0.1, 0.15) is 22.2 Å². The van der Waals surface area contributed by atoms with Crippen molar-refractivity contribution in [2.24, 2.45) is 0 Å². The van der Waals surface area contributed by atoms with E-state index in [0.717, 1.165) is 5.75 Å². The highest BCUT2D eigenvalue weighted by molar-refractivity contribution is 7.99. The molecule has 96 valence electrons. The van der Waals surface area contributed by atoms with E-state index in [1.807, 2.05) is 13.0 Å². The largest absolute Gasteiger partial charge is 0.462 e. The molecular weight excluding hydrogens is 250 g/mol. The Morgan fingerprint density at radius 3 is 2.72 bits per heavy atom. The van der Waals surface area contributed by atoms with Crippen molar-refractivity contribution in [1.29, 1.82) is 5.26 Å². The number of pyridine rings is 1. The first-order valence-corrected chi connectivity index (χ1v) is 6.55. The molecule has 0 saturated carbocycles. The van der Waals surface area contributed by atoms with Gasteiger partial charge in [-0.05, 0) is 19.6 Å². The predicted octanol–water partition coefficient (Wildman–Crippen LogP) is 2.13. The molecule has 1 aromatic rings. The van der Waals surface area contributed by atoms with E-state index in [4.69, 9.17) is 15.7 Å². The van der Waals surface area contributed by atoms with E-state index in [-0.39, 0.29) is 23.4 Å². The number of rotatable bonds is 4. The molecular formula is C12H15N3O2S. The zero-order chi connectivity index (χ0) is 13.7. The van der Waals surface area contributed by atoms with Gasteiger partial charge in [-0.25, -0.2) is 9.78 Å². The van der Waals surface area contributed by atoms with Crippen molar-refractivity contribution in [2.45, 2.75) is 25.8 Å². The van der Waals surface area contributed by atoms with Gasteiger partial charge in [0.2, 0.25) is 0 Å². The number of nitrogens with zero attached hydrogens (tertiary/aromatic N) is 2. The van der Waals surface area contributed by atoms with E-state index >= 15 is 0 Å². The molecule has 0 aliphatic heterocycles. The summed E-state index contributed by atoms with van der Waals surface area (Å²) in [5.41, 5.74) is 6.95. The summed E-state index contributed by atoms with van der Waals surface area (Å²) in [4.78, 5) is 16.0. The third kappa shape index (κ3) is 2.74. The summed E-state index contributed by atoms with van der Waals surface area (Å²) in [6, 6.07) is 2.00. The molecule has 0 saturated heterocycles. The van der Waals surface area contributed by atoms with Crippen LogP contribution < -0.4 is 5.73 Å². The number of nitrogens with two attached hydrogens (primary N) is 1. The van der Waals surface area contributed by atoms with Crippen LogP contribution in [0.1, 0.15) is 35.5 Å². The standard InChI is InChI=1S/C12H15N3O2S/c1-4-17-12(16)9-7(3)15-11(18-5-2)8(6-13)10(9)14/h4-5H2,1-3H3,(H2,14,15). The van der Waals surface area contributed by atoms with Gasteiger partial charge in [-0.15, -0.1) is 11.8 Å². The van der Waals surface area contributed by atoms with Gasteiger partial charge in [0, 0.05) is 0 Å². The van der Waals surface area contributed by atoms with Gasteiger partial charge < -0.3 is 10.5 Å². The molecule has 0 aliphatic carbocycles. The van der Waals surface area contributed by atoms with Crippen LogP contribution in [0.15, 0.2) is 5.03 Å². The van der Waals surface area contributed by atoms with Crippen molar-refractivity contribution < 1.29 is 9.53 Å². The van der Waals surface area contributed by atoms with Crippen LogP contribution in [0.25, 0.3) is 0 Å². The summed E-state index contributed by atoms with van der Waals surface area (Å²) in [5.74, 6) is 0.240. The van der Waals surface area contributed by atoms with Crippen LogP contribution in [0.2, 0.25) is 0 Å². The van der Waals surface area contributed by atoms with Gasteiger partial charge in [0.05, 0.1) is 18.0 Å². The van der Waals surface area contributed by atoms with E-state index in [9.17, 15) is 4.79 Å². The number of nitriles is 1. The molecule has 0 spiro atoms. The molecule has 1 rings (SSSR count). The molecule has 18 heavy (non-hydrogen) atoms. The minimum Gasteiger partial charge on any atom is -0.462 e. The number of nitrogen functional groups attached to an aromatic ring is 1. The lowest BCUT2D eigenvalue weighted by Gasteiger charge is -2.12. The Kier molecular flexibility index (Phi) is 4.98. The molecule has 1 heterocycles. The zero-order valence-electron chi connectivity index (χ0n) is 10.6. The number of aryl methyl sites for hydroxylation is 1. The number of anilines is 1. The highest BCUT2D eigenvalue weighted by Gasteiger charge is 2.21. The monoisotopic (exact) mass is 265 g/mol. The molecule has 0 aliphatic rings. The lowest BCUT2D eigenvalue weighted by molar-refractivity contribution is 0.0526. The van der Waals surface area contributed by atoms with Crippen molar-refractivity contribution in [3.63, 3.8) is 0 Å². The molecule has 2 N–H and O–H groups in total. The van der Waals surface area contributed by atoms with Gasteiger partial charge in [-0.1, -0.05) is 6.92 Å². The van der Waals surface area contributed by atoms with Crippen LogP contribution >= 0.6 is 11.8 Å². The third-order valence-corrected chi connectivity index (χ3v) is 3.11. The van der Waals surface area contributed by atoms with Crippen LogP contribution in [0.3, 0.4) is 0 Å². The second-order valence-corrected chi connectivity index (χ2v) is 4.68. The number of carbonyl (C=O) groups is 1. The molecule has 0 bridgehead atoms. The van der Waals surface area contributed by atoms with E-state index < -0.39 is 5.97 Å². The zero-order valence-corrected chi connectivity index (χ0v) is 11.4. The number of carbonyl (C=O) groups excluding carboxylic acids is 1. The van der Waals surface area contributed by atoms with Crippen LogP contribution in [0.5, 0.6) is 0 Å². The summed E-state index contributed by atoms with van der Waals surface area (Å²) < 4.78 is 4.91. The van der Waals surface area contributed by atoms with Gasteiger partial charge >= 0.3 is 5.97 Å². The summed E-state index contributed by atoms with van der Waals surface area (Å²) in [6.45, 7) is 5.61. The molecule has 0 amide bonds. The minimum absolute atomic E-state index is 0.152. The van der Waals surface area contributed by atoms with Gasteiger partial charge in [-0.3, -0.25) is 0 Å². The minimum atomic E-state index is -0.537. The van der Waals surface area contributed by atoms with Crippen molar-refractivity contribution >= 4 is 23.4 Å². The molecule has 5 nitrogen and oxygen atoms in total. The van der Waals surface area contributed by atoms with Gasteiger partial charge in [0.25, 0.3) is 0 Å². The topological polar surface area (TPSA) is 89.0 Å². The van der Waals surface area contributed by atoms with Crippen molar-refractivity contribution in [3.8, 4) is 6.07 Å².